The van der Waals surface area contributed by atoms with E-state index in [0.717, 1.165) is 10.1 Å². The van der Waals surface area contributed by atoms with Gasteiger partial charge in [-0.3, -0.25) is 4.79 Å². The zero-order chi connectivity index (χ0) is 10.1. The Morgan fingerprint density at radius 2 is 2.36 bits per heavy atom. The predicted molar refractivity (Wildman–Crippen MR) is 56.9 cm³/mol. The Labute approximate surface area is 89.3 Å². The minimum absolute atomic E-state index is 0.248. The van der Waals surface area contributed by atoms with Crippen molar-refractivity contribution in [2.75, 3.05) is 0 Å². The van der Waals surface area contributed by atoms with E-state index in [2.05, 4.69) is 0 Å². The smallest absolute Gasteiger partial charge is 0.153 e. The normalized spacial score (nSPS) is 10.0. The third kappa shape index (κ3) is 1.20. The van der Waals surface area contributed by atoms with Crippen LogP contribution in [0.1, 0.15) is 15.9 Å². The quantitative estimate of drug-likeness (QED) is 0.694. The van der Waals surface area contributed by atoms with Gasteiger partial charge in [0.1, 0.15) is 6.07 Å². The molecule has 0 atom stereocenters. The van der Waals surface area contributed by atoms with E-state index in [4.69, 9.17) is 16.9 Å². The van der Waals surface area contributed by atoms with Gasteiger partial charge >= 0.3 is 0 Å². The molecule has 0 amide bonds. The minimum atomic E-state index is 0.248. The highest BCUT2D eigenvalue weighted by Crippen LogP contribution is 2.31. The van der Waals surface area contributed by atoms with E-state index in [-0.39, 0.29) is 5.02 Å². The fourth-order valence-electron chi connectivity index (χ4n) is 1.30. The zero-order valence-corrected chi connectivity index (χ0v) is 8.52. The number of hydrogen-bond donors (Lipinski definition) is 0. The number of carbonyl (C=O) groups excluding carboxylic acids is 1. The molecule has 1 heterocycles. The molecule has 0 N–H and O–H groups in total. The van der Waals surface area contributed by atoms with E-state index >= 15 is 0 Å². The van der Waals surface area contributed by atoms with Crippen molar-refractivity contribution in [3.63, 3.8) is 0 Å². The molecule has 0 aliphatic heterocycles. The van der Waals surface area contributed by atoms with Gasteiger partial charge in [0.25, 0.3) is 0 Å². The van der Waals surface area contributed by atoms with Gasteiger partial charge in [0.2, 0.25) is 0 Å². The Morgan fingerprint density at radius 3 is 3.00 bits per heavy atom. The van der Waals surface area contributed by atoms with Gasteiger partial charge in [-0.25, -0.2) is 0 Å². The average Bonchev–Trinajstić information content (AvgIpc) is 2.64. The molecule has 0 saturated carbocycles. The summed E-state index contributed by atoms with van der Waals surface area (Å²) in [5, 5.41) is 11.8. The zero-order valence-electron chi connectivity index (χ0n) is 6.95. The van der Waals surface area contributed by atoms with Gasteiger partial charge in [0.05, 0.1) is 16.1 Å². The van der Waals surface area contributed by atoms with Crippen LogP contribution in [0.25, 0.3) is 10.1 Å². The number of benzene rings is 1. The van der Waals surface area contributed by atoms with Gasteiger partial charge in [0, 0.05) is 4.70 Å². The standard InChI is InChI=1S/C10H4ClNOS/c11-9-7(4-12)3-6-1-2-14-10(6)8(9)5-13/h1-3,5H. The van der Waals surface area contributed by atoms with Crippen molar-refractivity contribution in [1.29, 1.82) is 5.26 Å². The molecule has 0 saturated heterocycles. The molecule has 0 bridgehead atoms. The number of nitriles is 1. The average molecular weight is 222 g/mol. The second-order valence-corrected chi connectivity index (χ2v) is 4.01. The summed E-state index contributed by atoms with van der Waals surface area (Å²) in [5.74, 6) is 0. The number of fused-ring (bicyclic) bond motifs is 1. The lowest BCUT2D eigenvalue weighted by molar-refractivity contribution is 0.112. The van der Waals surface area contributed by atoms with Gasteiger partial charge in [-0.15, -0.1) is 11.3 Å². The lowest BCUT2D eigenvalue weighted by Crippen LogP contribution is -1.86. The second kappa shape index (κ2) is 3.41. The van der Waals surface area contributed by atoms with E-state index in [1.165, 1.54) is 11.3 Å². The van der Waals surface area contributed by atoms with E-state index < -0.39 is 0 Å². The van der Waals surface area contributed by atoms with Crippen LogP contribution in [0.3, 0.4) is 0 Å². The summed E-state index contributed by atoms with van der Waals surface area (Å²) < 4.78 is 0.837. The van der Waals surface area contributed by atoms with Crippen molar-refractivity contribution in [2.45, 2.75) is 0 Å². The number of hydrogen-bond acceptors (Lipinski definition) is 3. The highest BCUT2D eigenvalue weighted by molar-refractivity contribution is 7.17. The van der Waals surface area contributed by atoms with Crippen LogP contribution in [0.15, 0.2) is 17.5 Å². The topological polar surface area (TPSA) is 40.9 Å². The van der Waals surface area contributed by atoms with Crippen LogP contribution in [0.5, 0.6) is 0 Å². The molecule has 0 fully saturated rings. The van der Waals surface area contributed by atoms with Crippen LogP contribution >= 0.6 is 22.9 Å². The molecule has 0 radical (unpaired) electrons. The van der Waals surface area contributed by atoms with E-state index in [9.17, 15) is 4.79 Å². The Kier molecular flexibility index (Phi) is 2.24. The maximum Gasteiger partial charge on any atom is 0.153 e. The SMILES string of the molecule is N#Cc1cc2ccsc2c(C=O)c1Cl. The monoisotopic (exact) mass is 221 g/mol. The van der Waals surface area contributed by atoms with Crippen molar-refractivity contribution in [3.05, 3.63) is 33.7 Å². The van der Waals surface area contributed by atoms with Crippen LogP contribution in [-0.4, -0.2) is 6.29 Å². The second-order valence-electron chi connectivity index (χ2n) is 2.72. The molecular weight excluding hydrogens is 218 g/mol. The van der Waals surface area contributed by atoms with Gasteiger partial charge in [-0.2, -0.15) is 5.26 Å². The third-order valence-electron chi connectivity index (χ3n) is 1.95. The van der Waals surface area contributed by atoms with Crippen molar-refractivity contribution in [1.82, 2.24) is 0 Å². The number of halogens is 1. The van der Waals surface area contributed by atoms with E-state index in [1.54, 1.807) is 6.07 Å². The van der Waals surface area contributed by atoms with Crippen LogP contribution < -0.4 is 0 Å². The lowest BCUT2D eigenvalue weighted by Gasteiger charge is -2.00. The number of thiophene rings is 1. The Bertz CT molecular complexity index is 553. The maximum atomic E-state index is 10.8. The Balaban J connectivity index is 2.96. The highest BCUT2D eigenvalue weighted by Gasteiger charge is 2.11. The van der Waals surface area contributed by atoms with Crippen LogP contribution in [-0.2, 0) is 0 Å². The molecule has 0 spiro atoms. The molecule has 2 rings (SSSR count). The van der Waals surface area contributed by atoms with E-state index in [0.29, 0.717) is 17.4 Å². The number of nitrogens with zero attached hydrogens (tertiary/aromatic N) is 1. The number of carbonyl (C=O) groups is 1. The first-order valence-corrected chi connectivity index (χ1v) is 5.08. The molecule has 0 aliphatic carbocycles. The van der Waals surface area contributed by atoms with Crippen molar-refractivity contribution < 1.29 is 4.79 Å². The van der Waals surface area contributed by atoms with Crippen LogP contribution in [0, 0.1) is 11.3 Å². The summed E-state index contributed by atoms with van der Waals surface area (Å²) in [6, 6.07) is 5.53. The van der Waals surface area contributed by atoms with Crippen LogP contribution in [0.2, 0.25) is 5.02 Å². The minimum Gasteiger partial charge on any atom is -0.298 e. The molecule has 1 aromatic carbocycles. The molecule has 2 aromatic rings. The Morgan fingerprint density at radius 1 is 1.57 bits per heavy atom. The summed E-state index contributed by atoms with van der Waals surface area (Å²) in [6.45, 7) is 0. The summed E-state index contributed by atoms with van der Waals surface area (Å²) in [4.78, 5) is 10.8. The summed E-state index contributed by atoms with van der Waals surface area (Å²) in [7, 11) is 0. The fraction of sp³-hybridized carbons (Fsp3) is 0. The first-order valence-electron chi connectivity index (χ1n) is 3.83. The molecule has 0 unspecified atom stereocenters. The van der Waals surface area contributed by atoms with Gasteiger partial charge in [-0.05, 0) is 22.9 Å². The Hall–Kier alpha value is -1.37. The van der Waals surface area contributed by atoms with Crippen LogP contribution in [0.4, 0.5) is 0 Å². The number of rotatable bonds is 1. The van der Waals surface area contributed by atoms with Gasteiger partial charge in [0.15, 0.2) is 6.29 Å². The fourth-order valence-corrected chi connectivity index (χ4v) is 2.48. The lowest BCUT2D eigenvalue weighted by atomic mass is 10.1. The molecular formula is C10H4ClNOS. The molecule has 14 heavy (non-hydrogen) atoms. The summed E-state index contributed by atoms with van der Waals surface area (Å²) >= 11 is 7.34. The molecule has 4 heteroatoms. The van der Waals surface area contributed by atoms with E-state index in [1.807, 2.05) is 17.5 Å². The third-order valence-corrected chi connectivity index (χ3v) is 3.32. The number of aldehydes is 1. The first-order chi connectivity index (χ1) is 6.77. The summed E-state index contributed by atoms with van der Waals surface area (Å²) in [6.07, 6.45) is 0.696. The highest BCUT2D eigenvalue weighted by atomic mass is 35.5. The van der Waals surface area contributed by atoms with Gasteiger partial charge < -0.3 is 0 Å². The van der Waals surface area contributed by atoms with Crippen molar-refractivity contribution >= 4 is 39.3 Å². The van der Waals surface area contributed by atoms with Gasteiger partial charge in [-0.1, -0.05) is 11.6 Å². The maximum absolute atomic E-state index is 10.8. The molecule has 0 aliphatic rings. The predicted octanol–water partition coefficient (Wildman–Crippen LogP) is 3.24. The largest absolute Gasteiger partial charge is 0.298 e. The summed E-state index contributed by atoms with van der Waals surface area (Å²) in [5.41, 5.74) is 0.760. The van der Waals surface area contributed by atoms with Crippen molar-refractivity contribution in [2.24, 2.45) is 0 Å². The first kappa shape index (κ1) is 9.20. The molecule has 68 valence electrons. The molecule has 1 aromatic heterocycles. The molecule has 2 nitrogen and oxygen atoms in total. The van der Waals surface area contributed by atoms with Crippen molar-refractivity contribution in [3.8, 4) is 6.07 Å².